The minimum Gasteiger partial charge on any atom is -0.352 e. The van der Waals surface area contributed by atoms with Crippen LogP contribution in [0.25, 0.3) is 0 Å². The van der Waals surface area contributed by atoms with Crippen molar-refractivity contribution in [3.8, 4) is 0 Å². The van der Waals surface area contributed by atoms with Crippen molar-refractivity contribution in [2.45, 2.75) is 32.6 Å². The van der Waals surface area contributed by atoms with Gasteiger partial charge in [-0.2, -0.15) is 0 Å². The van der Waals surface area contributed by atoms with Crippen molar-refractivity contribution in [2.75, 3.05) is 26.2 Å². The molecule has 0 aliphatic carbocycles. The molecule has 0 aromatic heterocycles. The van der Waals surface area contributed by atoms with Crippen molar-refractivity contribution in [3.05, 3.63) is 35.4 Å². The molecule has 0 bridgehead atoms. The van der Waals surface area contributed by atoms with Crippen LogP contribution < -0.4 is 5.32 Å². The van der Waals surface area contributed by atoms with Gasteiger partial charge in [0, 0.05) is 12.1 Å². The minimum absolute atomic E-state index is 0.0438. The Hall–Kier alpha value is -1.35. The van der Waals surface area contributed by atoms with Crippen LogP contribution in [0.4, 0.5) is 0 Å². The molecular weight excluding hydrogens is 236 g/mol. The summed E-state index contributed by atoms with van der Waals surface area (Å²) in [6.07, 6.45) is 5.07. The highest BCUT2D eigenvalue weighted by atomic mass is 16.1. The van der Waals surface area contributed by atoms with Gasteiger partial charge in [0.2, 0.25) is 0 Å². The average molecular weight is 260 g/mol. The van der Waals surface area contributed by atoms with Crippen LogP contribution >= 0.6 is 0 Å². The quantitative estimate of drug-likeness (QED) is 0.825. The smallest absolute Gasteiger partial charge is 0.251 e. The second-order valence-corrected chi connectivity index (χ2v) is 5.38. The van der Waals surface area contributed by atoms with Crippen LogP contribution in [0.3, 0.4) is 0 Å². The van der Waals surface area contributed by atoms with E-state index in [1.54, 1.807) is 0 Å². The Morgan fingerprint density at radius 3 is 2.79 bits per heavy atom. The van der Waals surface area contributed by atoms with E-state index in [4.69, 9.17) is 0 Å². The number of nitrogens with one attached hydrogen (secondary N) is 1. The van der Waals surface area contributed by atoms with Crippen molar-refractivity contribution in [3.63, 3.8) is 0 Å². The highest BCUT2D eigenvalue weighted by Gasteiger charge is 2.09. The molecule has 1 heterocycles. The third-order valence-electron chi connectivity index (χ3n) is 3.67. The van der Waals surface area contributed by atoms with Crippen LogP contribution in [0.1, 0.15) is 41.6 Å². The Balaban J connectivity index is 1.66. The Kier molecular flexibility index (Phi) is 5.40. The Bertz CT molecular complexity index is 411. The van der Waals surface area contributed by atoms with Crippen LogP contribution in [0, 0.1) is 6.92 Å². The molecule has 1 N–H and O–H groups in total. The van der Waals surface area contributed by atoms with Crippen LogP contribution in [-0.2, 0) is 0 Å². The van der Waals surface area contributed by atoms with Crippen LogP contribution in [-0.4, -0.2) is 37.0 Å². The monoisotopic (exact) mass is 260 g/mol. The molecule has 0 spiro atoms. The number of rotatable bonds is 5. The molecular formula is C16H24N2O. The highest BCUT2D eigenvalue weighted by Crippen LogP contribution is 2.08. The maximum atomic E-state index is 11.9. The zero-order chi connectivity index (χ0) is 13.5. The van der Waals surface area contributed by atoms with Crippen LogP contribution in [0.15, 0.2) is 24.3 Å². The third-order valence-corrected chi connectivity index (χ3v) is 3.67. The predicted octanol–water partition coefficient (Wildman–Crippen LogP) is 2.60. The second-order valence-electron chi connectivity index (χ2n) is 5.38. The molecule has 0 atom stereocenters. The van der Waals surface area contributed by atoms with E-state index < -0.39 is 0 Å². The molecule has 1 saturated heterocycles. The fourth-order valence-electron chi connectivity index (χ4n) is 2.58. The number of nitrogens with zero attached hydrogens (tertiary/aromatic N) is 1. The van der Waals surface area contributed by atoms with E-state index in [0.717, 1.165) is 30.6 Å². The number of likely N-dealkylation sites (tertiary alicyclic amines) is 1. The van der Waals surface area contributed by atoms with Gasteiger partial charge in [-0.1, -0.05) is 24.1 Å². The summed E-state index contributed by atoms with van der Waals surface area (Å²) in [4.78, 5) is 14.4. The summed E-state index contributed by atoms with van der Waals surface area (Å²) in [6, 6.07) is 7.73. The maximum Gasteiger partial charge on any atom is 0.251 e. The van der Waals surface area contributed by atoms with Crippen molar-refractivity contribution < 1.29 is 4.79 Å². The first kappa shape index (κ1) is 14.1. The summed E-state index contributed by atoms with van der Waals surface area (Å²) in [5.41, 5.74) is 1.89. The second kappa shape index (κ2) is 7.29. The van der Waals surface area contributed by atoms with Crippen LogP contribution in [0.5, 0.6) is 0 Å². The molecule has 1 aliphatic rings. The fourth-order valence-corrected chi connectivity index (χ4v) is 2.58. The van der Waals surface area contributed by atoms with Gasteiger partial charge >= 0.3 is 0 Å². The predicted molar refractivity (Wildman–Crippen MR) is 78.4 cm³/mol. The minimum atomic E-state index is 0.0438. The molecule has 1 aromatic rings. The maximum absolute atomic E-state index is 11.9. The normalized spacial score (nSPS) is 16.3. The molecule has 1 fully saturated rings. The van der Waals surface area contributed by atoms with Crippen molar-refractivity contribution in [1.82, 2.24) is 10.2 Å². The van der Waals surface area contributed by atoms with Gasteiger partial charge in [-0.25, -0.2) is 0 Å². The molecule has 1 aliphatic heterocycles. The van der Waals surface area contributed by atoms with Crippen molar-refractivity contribution >= 4 is 5.91 Å². The lowest BCUT2D eigenvalue weighted by atomic mass is 10.1. The van der Waals surface area contributed by atoms with Gasteiger partial charge in [-0.3, -0.25) is 4.79 Å². The molecule has 0 saturated carbocycles. The summed E-state index contributed by atoms with van der Waals surface area (Å²) < 4.78 is 0. The lowest BCUT2D eigenvalue weighted by Gasteiger charge is -2.26. The zero-order valence-electron chi connectivity index (χ0n) is 11.8. The van der Waals surface area contributed by atoms with Crippen LogP contribution in [0.2, 0.25) is 0 Å². The third kappa shape index (κ3) is 4.67. The van der Waals surface area contributed by atoms with Gasteiger partial charge in [0.25, 0.3) is 5.91 Å². The lowest BCUT2D eigenvalue weighted by Crippen LogP contribution is -2.33. The Morgan fingerprint density at radius 2 is 2.05 bits per heavy atom. The first-order valence-electron chi connectivity index (χ1n) is 7.33. The van der Waals surface area contributed by atoms with Crippen molar-refractivity contribution in [1.29, 1.82) is 0 Å². The number of hydrogen-bond donors (Lipinski definition) is 1. The van der Waals surface area contributed by atoms with E-state index >= 15 is 0 Å². The molecule has 1 amide bonds. The van der Waals surface area contributed by atoms with Gasteiger partial charge in [0.15, 0.2) is 0 Å². The number of hydrogen-bond acceptors (Lipinski definition) is 2. The summed E-state index contributed by atoms with van der Waals surface area (Å²) >= 11 is 0. The van der Waals surface area contributed by atoms with Crippen molar-refractivity contribution in [2.24, 2.45) is 0 Å². The summed E-state index contributed by atoms with van der Waals surface area (Å²) in [5, 5.41) is 3.00. The van der Waals surface area contributed by atoms with E-state index in [1.807, 2.05) is 31.2 Å². The number of carbonyl (C=O) groups is 1. The zero-order valence-corrected chi connectivity index (χ0v) is 11.8. The number of piperidine rings is 1. The lowest BCUT2D eigenvalue weighted by molar-refractivity contribution is 0.0951. The molecule has 0 unspecified atom stereocenters. The highest BCUT2D eigenvalue weighted by molar-refractivity contribution is 5.94. The van der Waals surface area contributed by atoms with Gasteiger partial charge in [-0.15, -0.1) is 0 Å². The Morgan fingerprint density at radius 1 is 1.26 bits per heavy atom. The summed E-state index contributed by atoms with van der Waals surface area (Å²) in [7, 11) is 0. The number of carbonyl (C=O) groups excluding carboxylic acids is 1. The Labute approximate surface area is 116 Å². The first-order valence-corrected chi connectivity index (χ1v) is 7.33. The molecule has 19 heavy (non-hydrogen) atoms. The van der Waals surface area contributed by atoms with Gasteiger partial charge in [-0.05, 0) is 58.0 Å². The van der Waals surface area contributed by atoms with Gasteiger partial charge in [0.05, 0.1) is 0 Å². The molecule has 0 radical (unpaired) electrons. The first-order chi connectivity index (χ1) is 9.25. The van der Waals surface area contributed by atoms with E-state index in [1.165, 1.54) is 32.4 Å². The SMILES string of the molecule is Cc1cccc(C(=O)NCCCN2CCCCC2)c1. The number of benzene rings is 1. The topological polar surface area (TPSA) is 32.3 Å². The summed E-state index contributed by atoms with van der Waals surface area (Å²) in [5.74, 6) is 0.0438. The average Bonchev–Trinajstić information content (AvgIpc) is 2.44. The number of aryl methyl sites for hydroxylation is 1. The van der Waals surface area contributed by atoms with E-state index in [-0.39, 0.29) is 5.91 Å². The van der Waals surface area contributed by atoms with E-state index in [0.29, 0.717) is 0 Å². The standard InChI is InChI=1S/C16H24N2O/c1-14-7-5-8-15(13-14)16(19)17-9-6-12-18-10-3-2-4-11-18/h5,7-8,13H,2-4,6,9-12H2,1H3,(H,17,19). The van der Waals surface area contributed by atoms with E-state index in [9.17, 15) is 4.79 Å². The fraction of sp³-hybridized carbons (Fsp3) is 0.562. The van der Waals surface area contributed by atoms with E-state index in [2.05, 4.69) is 10.2 Å². The molecule has 3 heteroatoms. The largest absolute Gasteiger partial charge is 0.352 e. The summed E-state index contributed by atoms with van der Waals surface area (Å²) in [6.45, 7) is 6.34. The molecule has 1 aromatic carbocycles. The molecule has 3 nitrogen and oxygen atoms in total. The molecule has 104 valence electrons. The number of amides is 1. The molecule has 2 rings (SSSR count). The van der Waals surface area contributed by atoms with Gasteiger partial charge in [0.1, 0.15) is 0 Å². The van der Waals surface area contributed by atoms with Gasteiger partial charge < -0.3 is 10.2 Å².